The van der Waals surface area contributed by atoms with Crippen molar-refractivity contribution >= 4 is 11.9 Å². The van der Waals surface area contributed by atoms with Gasteiger partial charge < -0.3 is 9.64 Å². The van der Waals surface area contributed by atoms with E-state index in [1.807, 2.05) is 0 Å². The number of ether oxygens (including phenoxy) is 1. The van der Waals surface area contributed by atoms with Gasteiger partial charge in [-0.15, -0.1) is 0 Å². The summed E-state index contributed by atoms with van der Waals surface area (Å²) in [4.78, 5) is 29.5. The van der Waals surface area contributed by atoms with Gasteiger partial charge in [-0.2, -0.15) is 0 Å². The molecular weight excluding hydrogens is 244 g/mol. The van der Waals surface area contributed by atoms with Crippen molar-refractivity contribution in [1.82, 2.24) is 9.88 Å². The third-order valence-corrected chi connectivity index (χ3v) is 3.46. The predicted octanol–water partition coefficient (Wildman–Crippen LogP) is 1.64. The number of amides is 1. The minimum absolute atomic E-state index is 0.00882. The van der Waals surface area contributed by atoms with Gasteiger partial charge in [0.1, 0.15) is 6.54 Å². The highest BCUT2D eigenvalue weighted by Crippen LogP contribution is 2.24. The average Bonchev–Trinajstić information content (AvgIpc) is 2.98. The van der Waals surface area contributed by atoms with Gasteiger partial charge in [0, 0.05) is 18.4 Å². The van der Waals surface area contributed by atoms with Crippen LogP contribution in [0.4, 0.5) is 0 Å². The average molecular weight is 262 g/mol. The zero-order chi connectivity index (χ0) is 13.7. The molecule has 1 aromatic heterocycles. The molecule has 5 nitrogen and oxygen atoms in total. The van der Waals surface area contributed by atoms with E-state index in [9.17, 15) is 9.59 Å². The summed E-state index contributed by atoms with van der Waals surface area (Å²) < 4.78 is 4.68. The van der Waals surface area contributed by atoms with Gasteiger partial charge in [0.2, 0.25) is 0 Å². The standard InChI is InChI=1S/C14H18N2O3/c1-19-13(17)10-16(12-6-2-3-7-12)14(18)11-5-4-8-15-9-11/h4-5,8-9,12H,2-3,6-7,10H2,1H3. The van der Waals surface area contributed by atoms with Gasteiger partial charge in [-0.1, -0.05) is 12.8 Å². The van der Waals surface area contributed by atoms with Crippen molar-refractivity contribution in [2.75, 3.05) is 13.7 Å². The Kier molecular flexibility index (Phi) is 4.49. The molecule has 19 heavy (non-hydrogen) atoms. The molecule has 0 unspecified atom stereocenters. The van der Waals surface area contributed by atoms with Crippen LogP contribution in [0.2, 0.25) is 0 Å². The van der Waals surface area contributed by atoms with Crippen LogP contribution in [-0.4, -0.2) is 41.5 Å². The summed E-state index contributed by atoms with van der Waals surface area (Å²) in [7, 11) is 1.34. The van der Waals surface area contributed by atoms with E-state index < -0.39 is 0 Å². The van der Waals surface area contributed by atoms with Crippen LogP contribution in [-0.2, 0) is 9.53 Å². The summed E-state index contributed by atoms with van der Waals surface area (Å²) in [6, 6.07) is 3.57. The fourth-order valence-electron chi connectivity index (χ4n) is 2.44. The highest BCUT2D eigenvalue weighted by Gasteiger charge is 2.29. The highest BCUT2D eigenvalue weighted by molar-refractivity contribution is 5.95. The molecule has 1 aliphatic rings. The van der Waals surface area contributed by atoms with Crippen LogP contribution in [0, 0.1) is 0 Å². The number of nitrogens with zero attached hydrogens (tertiary/aromatic N) is 2. The lowest BCUT2D eigenvalue weighted by atomic mass is 10.1. The summed E-state index contributed by atoms with van der Waals surface area (Å²) >= 11 is 0. The Morgan fingerprint density at radius 3 is 2.74 bits per heavy atom. The molecule has 0 radical (unpaired) electrons. The number of hydrogen-bond donors (Lipinski definition) is 0. The van der Waals surface area contributed by atoms with E-state index in [1.54, 1.807) is 23.2 Å². The monoisotopic (exact) mass is 262 g/mol. The second-order valence-electron chi connectivity index (χ2n) is 4.69. The van der Waals surface area contributed by atoms with Gasteiger partial charge in [0.05, 0.1) is 12.7 Å². The van der Waals surface area contributed by atoms with Gasteiger partial charge >= 0.3 is 5.97 Å². The largest absolute Gasteiger partial charge is 0.468 e. The number of pyridine rings is 1. The van der Waals surface area contributed by atoms with Crippen molar-refractivity contribution in [3.8, 4) is 0 Å². The fourth-order valence-corrected chi connectivity index (χ4v) is 2.44. The highest BCUT2D eigenvalue weighted by atomic mass is 16.5. The predicted molar refractivity (Wildman–Crippen MR) is 69.5 cm³/mol. The van der Waals surface area contributed by atoms with Crippen molar-refractivity contribution in [2.24, 2.45) is 0 Å². The molecule has 0 atom stereocenters. The molecule has 2 rings (SSSR count). The molecule has 102 valence electrons. The first-order valence-corrected chi connectivity index (χ1v) is 6.50. The van der Waals surface area contributed by atoms with Crippen molar-refractivity contribution in [2.45, 2.75) is 31.7 Å². The Labute approximate surface area is 112 Å². The molecule has 1 aliphatic carbocycles. The summed E-state index contributed by atoms with van der Waals surface area (Å²) in [5.41, 5.74) is 0.512. The number of esters is 1. The Hall–Kier alpha value is -1.91. The summed E-state index contributed by atoms with van der Waals surface area (Å²) in [6.45, 7) is 0.00882. The van der Waals surface area contributed by atoms with E-state index in [4.69, 9.17) is 0 Å². The zero-order valence-corrected chi connectivity index (χ0v) is 11.0. The molecule has 1 amide bonds. The van der Waals surface area contributed by atoms with Crippen LogP contribution in [0.15, 0.2) is 24.5 Å². The van der Waals surface area contributed by atoms with Crippen LogP contribution in [0.1, 0.15) is 36.0 Å². The molecule has 1 fully saturated rings. The molecule has 0 bridgehead atoms. The minimum Gasteiger partial charge on any atom is -0.468 e. The fraction of sp³-hybridized carbons (Fsp3) is 0.500. The summed E-state index contributed by atoms with van der Waals surface area (Å²) in [5.74, 6) is -0.533. The molecule has 0 spiro atoms. The maximum absolute atomic E-state index is 12.5. The lowest BCUT2D eigenvalue weighted by Crippen LogP contribution is -2.42. The van der Waals surface area contributed by atoms with E-state index >= 15 is 0 Å². The van der Waals surface area contributed by atoms with Crippen LogP contribution in [0.25, 0.3) is 0 Å². The number of carbonyl (C=O) groups excluding carboxylic acids is 2. The zero-order valence-electron chi connectivity index (χ0n) is 11.0. The lowest BCUT2D eigenvalue weighted by molar-refractivity contribution is -0.141. The van der Waals surface area contributed by atoms with Crippen molar-refractivity contribution in [3.05, 3.63) is 30.1 Å². The number of carbonyl (C=O) groups is 2. The SMILES string of the molecule is COC(=O)CN(C(=O)c1cccnc1)C1CCCC1. The normalized spacial score (nSPS) is 15.2. The van der Waals surface area contributed by atoms with Gasteiger partial charge in [-0.05, 0) is 25.0 Å². The molecule has 0 N–H and O–H groups in total. The molecule has 0 aliphatic heterocycles. The van der Waals surface area contributed by atoms with Gasteiger partial charge in [0.15, 0.2) is 0 Å². The number of methoxy groups -OCH3 is 1. The summed E-state index contributed by atoms with van der Waals surface area (Å²) in [5, 5.41) is 0. The van der Waals surface area contributed by atoms with Crippen molar-refractivity contribution in [1.29, 1.82) is 0 Å². The van der Waals surface area contributed by atoms with Crippen LogP contribution in [0.5, 0.6) is 0 Å². The van der Waals surface area contributed by atoms with Crippen LogP contribution in [0.3, 0.4) is 0 Å². The van der Waals surface area contributed by atoms with E-state index in [0.717, 1.165) is 25.7 Å². The molecular formula is C14H18N2O3. The third-order valence-electron chi connectivity index (χ3n) is 3.46. The third kappa shape index (κ3) is 3.30. The molecule has 5 heteroatoms. The van der Waals surface area contributed by atoms with Crippen LogP contribution >= 0.6 is 0 Å². The molecule has 0 saturated heterocycles. The Bertz CT molecular complexity index is 441. The topological polar surface area (TPSA) is 59.5 Å². The first-order valence-electron chi connectivity index (χ1n) is 6.50. The molecule has 1 saturated carbocycles. The summed E-state index contributed by atoms with van der Waals surface area (Å²) in [6.07, 6.45) is 7.25. The maximum Gasteiger partial charge on any atom is 0.325 e. The van der Waals surface area contributed by atoms with E-state index in [1.165, 1.54) is 13.3 Å². The van der Waals surface area contributed by atoms with Gasteiger partial charge in [-0.3, -0.25) is 14.6 Å². The smallest absolute Gasteiger partial charge is 0.325 e. The quantitative estimate of drug-likeness (QED) is 0.774. The number of aromatic nitrogens is 1. The molecule has 1 aromatic rings. The molecule has 1 heterocycles. The first kappa shape index (κ1) is 13.5. The van der Waals surface area contributed by atoms with E-state index in [2.05, 4.69) is 9.72 Å². The second kappa shape index (κ2) is 6.31. The van der Waals surface area contributed by atoms with E-state index in [0.29, 0.717) is 5.56 Å². The van der Waals surface area contributed by atoms with Crippen molar-refractivity contribution < 1.29 is 14.3 Å². The Morgan fingerprint density at radius 1 is 1.42 bits per heavy atom. The minimum atomic E-state index is -0.385. The van der Waals surface area contributed by atoms with Gasteiger partial charge in [-0.25, -0.2) is 0 Å². The Morgan fingerprint density at radius 2 is 2.16 bits per heavy atom. The number of hydrogen-bond acceptors (Lipinski definition) is 4. The maximum atomic E-state index is 12.5. The molecule has 0 aromatic carbocycles. The Balaban J connectivity index is 2.16. The number of rotatable bonds is 4. The van der Waals surface area contributed by atoms with E-state index in [-0.39, 0.29) is 24.5 Å². The lowest BCUT2D eigenvalue weighted by Gasteiger charge is -2.27. The van der Waals surface area contributed by atoms with Crippen molar-refractivity contribution in [3.63, 3.8) is 0 Å². The van der Waals surface area contributed by atoms with Crippen LogP contribution < -0.4 is 0 Å². The first-order chi connectivity index (χ1) is 9.22. The van der Waals surface area contributed by atoms with Gasteiger partial charge in [0.25, 0.3) is 5.91 Å². The second-order valence-corrected chi connectivity index (χ2v) is 4.69.